The maximum Gasteiger partial charge on any atom is 0.240 e. The third-order valence-electron chi connectivity index (χ3n) is 3.21. The monoisotopic (exact) mass is 324 g/mol. The van der Waals surface area contributed by atoms with Crippen molar-refractivity contribution in [2.75, 3.05) is 13.2 Å². The van der Waals surface area contributed by atoms with E-state index in [4.69, 9.17) is 22.1 Å². The fraction of sp³-hybridized carbons (Fsp3) is 0.583. The van der Waals surface area contributed by atoms with Gasteiger partial charge in [0.1, 0.15) is 0 Å². The second kappa shape index (κ2) is 6.90. The highest BCUT2D eigenvalue weighted by molar-refractivity contribution is 7.16. The van der Waals surface area contributed by atoms with E-state index in [0.717, 1.165) is 9.21 Å². The van der Waals surface area contributed by atoms with E-state index in [9.17, 15) is 4.79 Å². The molecule has 1 aliphatic rings. The summed E-state index contributed by atoms with van der Waals surface area (Å²) < 4.78 is 5.95. The molecule has 1 aliphatic heterocycles. The predicted molar refractivity (Wildman–Crippen MR) is 80.1 cm³/mol. The van der Waals surface area contributed by atoms with E-state index >= 15 is 0 Å². The summed E-state index contributed by atoms with van der Waals surface area (Å²) in [7, 11) is 0. The van der Waals surface area contributed by atoms with E-state index in [1.165, 1.54) is 11.3 Å². The molecule has 3 N–H and O–H groups in total. The summed E-state index contributed by atoms with van der Waals surface area (Å²) in [6.45, 7) is 3.02. The Morgan fingerprint density at radius 3 is 2.68 bits per heavy atom. The highest BCUT2D eigenvalue weighted by Crippen LogP contribution is 2.27. The first-order valence-corrected chi connectivity index (χ1v) is 7.13. The number of halogens is 2. The van der Waals surface area contributed by atoms with Gasteiger partial charge >= 0.3 is 0 Å². The van der Waals surface area contributed by atoms with Gasteiger partial charge in [-0.3, -0.25) is 4.79 Å². The number of ether oxygens (including phenoxy) is 1. The van der Waals surface area contributed by atoms with E-state index in [0.29, 0.717) is 26.1 Å². The van der Waals surface area contributed by atoms with Gasteiger partial charge in [0.2, 0.25) is 5.91 Å². The summed E-state index contributed by atoms with van der Waals surface area (Å²) in [6, 6.07) is 3.68. The first-order chi connectivity index (χ1) is 8.51. The van der Waals surface area contributed by atoms with Crippen LogP contribution in [0.15, 0.2) is 12.1 Å². The lowest BCUT2D eigenvalue weighted by molar-refractivity contribution is -0.130. The van der Waals surface area contributed by atoms with Crippen molar-refractivity contribution in [2.45, 2.75) is 31.3 Å². The minimum Gasteiger partial charge on any atom is -0.381 e. The van der Waals surface area contributed by atoms with E-state index < -0.39 is 5.54 Å². The zero-order valence-electron chi connectivity index (χ0n) is 10.6. The van der Waals surface area contributed by atoms with Gasteiger partial charge in [-0.05, 0) is 31.9 Å². The molecule has 1 atom stereocenters. The highest BCUT2D eigenvalue weighted by atomic mass is 35.5. The fourth-order valence-corrected chi connectivity index (χ4v) is 3.00. The number of nitrogens with two attached hydrogens (primary N) is 1. The van der Waals surface area contributed by atoms with Gasteiger partial charge in [-0.1, -0.05) is 11.6 Å². The van der Waals surface area contributed by atoms with Crippen LogP contribution in [0.4, 0.5) is 0 Å². The summed E-state index contributed by atoms with van der Waals surface area (Å²) >= 11 is 7.35. The molecule has 0 spiro atoms. The van der Waals surface area contributed by atoms with Gasteiger partial charge in [0.05, 0.1) is 15.9 Å². The van der Waals surface area contributed by atoms with Gasteiger partial charge in [-0.15, -0.1) is 23.7 Å². The second-order valence-electron chi connectivity index (χ2n) is 4.61. The number of carbonyl (C=O) groups is 1. The number of hydrogen-bond acceptors (Lipinski definition) is 4. The third kappa shape index (κ3) is 4.07. The minimum absolute atomic E-state index is 0. The Balaban J connectivity index is 0.00000180. The quantitative estimate of drug-likeness (QED) is 0.897. The molecule has 1 fully saturated rings. The van der Waals surface area contributed by atoms with E-state index in [-0.39, 0.29) is 24.4 Å². The van der Waals surface area contributed by atoms with Crippen molar-refractivity contribution in [1.29, 1.82) is 0 Å². The summed E-state index contributed by atoms with van der Waals surface area (Å²) in [4.78, 5) is 13.2. The van der Waals surface area contributed by atoms with Crippen molar-refractivity contribution in [3.05, 3.63) is 21.3 Å². The number of rotatable bonds is 3. The van der Waals surface area contributed by atoms with Crippen molar-refractivity contribution in [1.82, 2.24) is 5.32 Å². The molecule has 0 radical (unpaired) electrons. The summed E-state index contributed by atoms with van der Waals surface area (Å²) in [5.74, 6) is -0.108. The molecule has 1 amide bonds. The summed E-state index contributed by atoms with van der Waals surface area (Å²) in [5.41, 5.74) is 5.32. The minimum atomic E-state index is -0.798. The highest BCUT2D eigenvalue weighted by Gasteiger charge is 2.36. The average Bonchev–Trinajstić information content (AvgIpc) is 2.77. The third-order valence-corrected chi connectivity index (χ3v) is 4.62. The number of hydrogen-bond donors (Lipinski definition) is 2. The molecular formula is C12H18Cl2N2O2S. The van der Waals surface area contributed by atoms with Crippen molar-refractivity contribution in [3.8, 4) is 0 Å². The molecule has 108 valence electrons. The van der Waals surface area contributed by atoms with Gasteiger partial charge in [0, 0.05) is 18.1 Å². The van der Waals surface area contributed by atoms with Crippen LogP contribution in [0.2, 0.25) is 4.34 Å². The zero-order valence-corrected chi connectivity index (χ0v) is 13.0. The molecule has 1 saturated heterocycles. The standard InChI is InChI=1S/C12H17ClN2O2S.ClH/c1-8(9-2-3-10(13)18-9)15-11(16)12(14)4-6-17-7-5-12;/h2-3,8H,4-7,14H2,1H3,(H,15,16);1H. The lowest BCUT2D eigenvalue weighted by atomic mass is 9.90. The predicted octanol–water partition coefficient (Wildman–Crippen LogP) is 2.51. The van der Waals surface area contributed by atoms with Gasteiger partial charge in [-0.25, -0.2) is 0 Å². The molecule has 1 unspecified atom stereocenters. The Labute approximate surface area is 128 Å². The van der Waals surface area contributed by atoms with Crippen LogP contribution in [0.3, 0.4) is 0 Å². The zero-order chi connectivity index (χ0) is 13.2. The van der Waals surface area contributed by atoms with Crippen LogP contribution in [-0.4, -0.2) is 24.7 Å². The van der Waals surface area contributed by atoms with Crippen molar-refractivity contribution < 1.29 is 9.53 Å². The number of amides is 1. The molecule has 2 rings (SSSR count). The summed E-state index contributed by atoms with van der Waals surface area (Å²) in [6.07, 6.45) is 1.13. The van der Waals surface area contributed by atoms with Gasteiger partial charge in [0.15, 0.2) is 0 Å². The Morgan fingerprint density at radius 1 is 1.53 bits per heavy atom. The molecule has 0 aromatic carbocycles. The first kappa shape index (κ1) is 16.7. The van der Waals surface area contributed by atoms with Gasteiger partial charge < -0.3 is 15.8 Å². The van der Waals surface area contributed by atoms with Crippen LogP contribution in [0.25, 0.3) is 0 Å². The van der Waals surface area contributed by atoms with Crippen molar-refractivity contribution >= 4 is 41.3 Å². The van der Waals surface area contributed by atoms with Crippen LogP contribution in [0, 0.1) is 0 Å². The number of carbonyl (C=O) groups excluding carboxylic acids is 1. The maximum atomic E-state index is 12.2. The molecule has 7 heteroatoms. The Hall–Kier alpha value is -0.330. The van der Waals surface area contributed by atoms with Gasteiger partial charge in [-0.2, -0.15) is 0 Å². The van der Waals surface area contributed by atoms with Crippen molar-refractivity contribution in [2.24, 2.45) is 5.73 Å². The van der Waals surface area contributed by atoms with Crippen LogP contribution < -0.4 is 11.1 Å². The van der Waals surface area contributed by atoms with E-state index in [2.05, 4.69) is 5.32 Å². The van der Waals surface area contributed by atoms with Gasteiger partial charge in [0.25, 0.3) is 0 Å². The first-order valence-electron chi connectivity index (χ1n) is 5.94. The molecule has 1 aromatic heterocycles. The van der Waals surface area contributed by atoms with E-state index in [1.807, 2.05) is 19.1 Å². The Kier molecular flexibility index (Phi) is 6.08. The van der Waals surface area contributed by atoms with Crippen LogP contribution in [0.5, 0.6) is 0 Å². The average molecular weight is 325 g/mol. The molecule has 2 heterocycles. The fourth-order valence-electron chi connectivity index (χ4n) is 1.94. The largest absolute Gasteiger partial charge is 0.381 e. The summed E-state index contributed by atoms with van der Waals surface area (Å²) in [5, 5.41) is 2.95. The van der Waals surface area contributed by atoms with E-state index in [1.54, 1.807) is 0 Å². The topological polar surface area (TPSA) is 64.4 Å². The molecule has 19 heavy (non-hydrogen) atoms. The number of thiophene rings is 1. The SMILES string of the molecule is CC(NC(=O)C1(N)CCOCC1)c1ccc(Cl)s1.Cl. The van der Waals surface area contributed by atoms with Crippen LogP contribution >= 0.6 is 35.3 Å². The number of nitrogens with one attached hydrogen (secondary N) is 1. The second-order valence-corrected chi connectivity index (χ2v) is 6.35. The van der Waals surface area contributed by atoms with Crippen LogP contribution in [-0.2, 0) is 9.53 Å². The molecule has 0 aliphatic carbocycles. The Morgan fingerprint density at radius 2 is 2.16 bits per heavy atom. The molecule has 0 saturated carbocycles. The molecular weight excluding hydrogens is 307 g/mol. The van der Waals surface area contributed by atoms with Crippen LogP contribution in [0.1, 0.15) is 30.7 Å². The normalized spacial score (nSPS) is 19.3. The smallest absolute Gasteiger partial charge is 0.240 e. The lowest BCUT2D eigenvalue weighted by Crippen LogP contribution is -2.57. The maximum absolute atomic E-state index is 12.2. The molecule has 1 aromatic rings. The Bertz CT molecular complexity index is 433. The lowest BCUT2D eigenvalue weighted by Gasteiger charge is -2.32. The van der Waals surface area contributed by atoms with Crippen molar-refractivity contribution in [3.63, 3.8) is 0 Å². The molecule has 4 nitrogen and oxygen atoms in total. The molecule has 0 bridgehead atoms.